The second-order valence-electron chi connectivity index (χ2n) is 9.12. The molecule has 0 saturated carbocycles. The minimum absolute atomic E-state index is 0.00274. The van der Waals surface area contributed by atoms with Gasteiger partial charge in [0.05, 0.1) is 12.0 Å². The smallest absolute Gasteiger partial charge is 0.278 e. The Morgan fingerprint density at radius 2 is 2.00 bits per heavy atom. The van der Waals surface area contributed by atoms with E-state index in [0.29, 0.717) is 25.5 Å². The first-order valence-electron chi connectivity index (χ1n) is 10.4. The summed E-state index contributed by atoms with van der Waals surface area (Å²) < 4.78 is 7.27. The first-order chi connectivity index (χ1) is 13.8. The Morgan fingerprint density at radius 3 is 2.72 bits per heavy atom. The van der Waals surface area contributed by atoms with Gasteiger partial charge < -0.3 is 4.74 Å². The third-order valence-corrected chi connectivity index (χ3v) is 7.11. The molecule has 0 N–H and O–H groups in total. The zero-order valence-electron chi connectivity index (χ0n) is 17.7. The summed E-state index contributed by atoms with van der Waals surface area (Å²) in [4.78, 5) is 15.2. The maximum atomic E-state index is 13.1. The van der Waals surface area contributed by atoms with Crippen LogP contribution in [0.3, 0.4) is 0 Å². The zero-order chi connectivity index (χ0) is 20.6. The number of aryl methyl sites for hydroxylation is 3. The number of thiophene rings is 1. The van der Waals surface area contributed by atoms with E-state index in [4.69, 9.17) is 4.74 Å². The van der Waals surface area contributed by atoms with E-state index in [0.717, 1.165) is 35.2 Å². The minimum Gasteiger partial charge on any atom is -0.494 e. The number of aromatic nitrogens is 3. The van der Waals surface area contributed by atoms with Gasteiger partial charge in [-0.1, -0.05) is 43.7 Å². The highest BCUT2D eigenvalue weighted by atomic mass is 32.1. The molecule has 0 bridgehead atoms. The normalized spacial score (nSPS) is 16.8. The number of rotatable bonds is 5. The molecule has 1 aliphatic rings. The summed E-state index contributed by atoms with van der Waals surface area (Å²) in [5.74, 6) is 1.50. The van der Waals surface area contributed by atoms with Gasteiger partial charge in [0.15, 0.2) is 4.83 Å². The molecule has 1 aromatic carbocycles. The van der Waals surface area contributed by atoms with Gasteiger partial charge in [-0.3, -0.25) is 4.79 Å². The van der Waals surface area contributed by atoms with Gasteiger partial charge in [-0.15, -0.1) is 16.4 Å². The second kappa shape index (κ2) is 7.90. The third-order valence-electron chi connectivity index (χ3n) is 5.97. The highest BCUT2D eigenvalue weighted by Gasteiger charge is 2.31. The zero-order valence-corrected chi connectivity index (χ0v) is 18.5. The quantitative estimate of drug-likeness (QED) is 0.567. The Bertz CT molecular complexity index is 1060. The summed E-state index contributed by atoms with van der Waals surface area (Å²) >= 11 is 1.66. The first-order valence-corrected chi connectivity index (χ1v) is 11.2. The van der Waals surface area contributed by atoms with Gasteiger partial charge in [0.2, 0.25) is 0 Å². The standard InChI is InChI=1S/C23H29N3O2S/c1-15-6-9-17(10-7-15)28-13-5-12-26-22(27)20-18-11-8-16(23(2,3)4)14-19(18)29-21(20)24-25-26/h6-7,9-10,16H,5,8,11-14H2,1-4H3. The van der Waals surface area contributed by atoms with Crippen LogP contribution >= 0.6 is 11.3 Å². The molecule has 6 heteroatoms. The molecule has 2 heterocycles. The maximum absolute atomic E-state index is 13.1. The van der Waals surface area contributed by atoms with Crippen LogP contribution in [0.15, 0.2) is 29.1 Å². The molecule has 1 atom stereocenters. The number of nitrogens with zero attached hydrogens (tertiary/aromatic N) is 3. The highest BCUT2D eigenvalue weighted by Crippen LogP contribution is 2.41. The van der Waals surface area contributed by atoms with Crippen molar-refractivity contribution in [3.63, 3.8) is 0 Å². The van der Waals surface area contributed by atoms with E-state index in [1.165, 1.54) is 20.7 Å². The molecule has 0 fully saturated rings. The SMILES string of the molecule is Cc1ccc(OCCCn2nnc3sc4c(c3c2=O)CCC(C(C)(C)C)C4)cc1. The molecule has 1 aliphatic carbocycles. The van der Waals surface area contributed by atoms with Gasteiger partial charge in [-0.05, 0) is 55.2 Å². The van der Waals surface area contributed by atoms with E-state index in [2.05, 4.69) is 38.0 Å². The molecule has 5 nitrogen and oxygen atoms in total. The van der Waals surface area contributed by atoms with Gasteiger partial charge in [0, 0.05) is 17.8 Å². The molecule has 29 heavy (non-hydrogen) atoms. The molecular weight excluding hydrogens is 382 g/mol. The molecule has 0 saturated heterocycles. The average molecular weight is 412 g/mol. The van der Waals surface area contributed by atoms with Crippen molar-refractivity contribution in [2.24, 2.45) is 11.3 Å². The van der Waals surface area contributed by atoms with Gasteiger partial charge in [-0.2, -0.15) is 0 Å². The Balaban J connectivity index is 1.47. The van der Waals surface area contributed by atoms with E-state index >= 15 is 0 Å². The van der Waals surface area contributed by atoms with E-state index in [1.807, 2.05) is 24.3 Å². The van der Waals surface area contributed by atoms with Crippen LogP contribution in [-0.4, -0.2) is 21.6 Å². The molecular formula is C23H29N3O2S. The Hall–Kier alpha value is -2.21. The summed E-state index contributed by atoms with van der Waals surface area (Å²) in [6.45, 7) is 10.0. The Morgan fingerprint density at radius 1 is 1.24 bits per heavy atom. The molecule has 0 spiro atoms. The largest absolute Gasteiger partial charge is 0.494 e. The van der Waals surface area contributed by atoms with Crippen LogP contribution in [0.4, 0.5) is 0 Å². The van der Waals surface area contributed by atoms with Crippen LogP contribution in [0.5, 0.6) is 5.75 Å². The van der Waals surface area contributed by atoms with E-state index in [1.54, 1.807) is 11.3 Å². The van der Waals surface area contributed by atoms with Crippen molar-refractivity contribution in [3.8, 4) is 5.75 Å². The fourth-order valence-electron chi connectivity index (χ4n) is 4.05. The topological polar surface area (TPSA) is 57.0 Å². The first kappa shape index (κ1) is 20.1. The van der Waals surface area contributed by atoms with Gasteiger partial charge in [-0.25, -0.2) is 4.68 Å². The van der Waals surface area contributed by atoms with Crippen molar-refractivity contribution in [1.82, 2.24) is 15.0 Å². The molecule has 1 unspecified atom stereocenters. The summed E-state index contributed by atoms with van der Waals surface area (Å²) in [5.41, 5.74) is 2.71. The molecule has 4 rings (SSSR count). The lowest BCUT2D eigenvalue weighted by Crippen LogP contribution is -2.28. The van der Waals surface area contributed by atoms with Crippen LogP contribution in [0.1, 0.15) is 49.6 Å². The lowest BCUT2D eigenvalue weighted by atomic mass is 9.72. The highest BCUT2D eigenvalue weighted by molar-refractivity contribution is 7.18. The Labute approximate surface area is 175 Å². The molecule has 2 aromatic heterocycles. The summed E-state index contributed by atoms with van der Waals surface area (Å²) in [7, 11) is 0. The maximum Gasteiger partial charge on any atom is 0.278 e. The average Bonchev–Trinajstić information content (AvgIpc) is 3.06. The number of hydrogen-bond acceptors (Lipinski definition) is 5. The van der Waals surface area contributed by atoms with Gasteiger partial charge >= 0.3 is 0 Å². The number of benzene rings is 1. The van der Waals surface area contributed by atoms with E-state index < -0.39 is 0 Å². The van der Waals surface area contributed by atoms with Crippen molar-refractivity contribution in [1.29, 1.82) is 0 Å². The van der Waals surface area contributed by atoms with Crippen LogP contribution in [0.2, 0.25) is 0 Å². The number of fused-ring (bicyclic) bond motifs is 3. The predicted molar refractivity (Wildman–Crippen MR) is 118 cm³/mol. The summed E-state index contributed by atoms with van der Waals surface area (Å²) in [5, 5.41) is 9.35. The summed E-state index contributed by atoms with van der Waals surface area (Å²) in [6, 6.07) is 8.00. The lowest BCUT2D eigenvalue weighted by Gasteiger charge is -2.33. The molecule has 0 radical (unpaired) electrons. The molecule has 0 amide bonds. The molecule has 0 aliphatic heterocycles. The predicted octanol–water partition coefficient (Wildman–Crippen LogP) is 4.78. The van der Waals surface area contributed by atoms with Crippen molar-refractivity contribution in [2.75, 3.05) is 6.61 Å². The fraction of sp³-hybridized carbons (Fsp3) is 0.522. The van der Waals surface area contributed by atoms with Crippen LogP contribution in [-0.2, 0) is 19.4 Å². The lowest BCUT2D eigenvalue weighted by molar-refractivity contribution is 0.218. The van der Waals surface area contributed by atoms with Crippen molar-refractivity contribution >= 4 is 21.6 Å². The fourth-order valence-corrected chi connectivity index (χ4v) is 5.29. The molecule has 3 aromatic rings. The third kappa shape index (κ3) is 4.22. The minimum atomic E-state index is -0.00274. The van der Waals surface area contributed by atoms with Crippen LogP contribution < -0.4 is 10.3 Å². The van der Waals surface area contributed by atoms with Crippen molar-refractivity contribution < 1.29 is 4.74 Å². The monoisotopic (exact) mass is 411 g/mol. The summed E-state index contributed by atoms with van der Waals surface area (Å²) in [6.07, 6.45) is 3.86. The van der Waals surface area contributed by atoms with Crippen LogP contribution in [0.25, 0.3) is 10.2 Å². The number of ether oxygens (including phenoxy) is 1. The second-order valence-corrected chi connectivity index (χ2v) is 10.2. The van der Waals surface area contributed by atoms with Crippen molar-refractivity contribution in [3.05, 3.63) is 50.6 Å². The van der Waals surface area contributed by atoms with Gasteiger partial charge in [0.1, 0.15) is 5.75 Å². The number of hydrogen-bond donors (Lipinski definition) is 0. The van der Waals surface area contributed by atoms with E-state index in [-0.39, 0.29) is 11.0 Å². The van der Waals surface area contributed by atoms with E-state index in [9.17, 15) is 4.79 Å². The van der Waals surface area contributed by atoms with Gasteiger partial charge in [0.25, 0.3) is 5.56 Å². The van der Waals surface area contributed by atoms with Crippen molar-refractivity contribution in [2.45, 2.75) is 59.9 Å². The molecule has 154 valence electrons. The Kier molecular flexibility index (Phi) is 5.47. The van der Waals surface area contributed by atoms with Crippen LogP contribution in [0, 0.1) is 18.3 Å².